The quantitative estimate of drug-likeness (QED) is 0.221. The first-order chi connectivity index (χ1) is 24.8. The molecule has 2 saturated heterocycles. The highest BCUT2D eigenvalue weighted by molar-refractivity contribution is 5.95. The third kappa shape index (κ3) is 5.26. The van der Waals surface area contributed by atoms with Crippen LogP contribution in [0.15, 0.2) is 33.9 Å². The average molecular weight is 692 g/mol. The molecule has 6 heterocycles. The van der Waals surface area contributed by atoms with Crippen LogP contribution >= 0.6 is 0 Å². The van der Waals surface area contributed by atoms with Gasteiger partial charge in [0.15, 0.2) is 28.8 Å². The third-order valence-corrected chi connectivity index (χ3v) is 12.0. The summed E-state index contributed by atoms with van der Waals surface area (Å²) in [5, 5.41) is 9.53. The Morgan fingerprint density at radius 1 is 1.10 bits per heavy atom. The number of anilines is 1. The molecule has 1 spiro atoms. The Labute approximate surface area is 297 Å². The normalized spacial score (nSPS) is 25.2. The highest BCUT2D eigenvalue weighted by Gasteiger charge is 2.49. The second-order valence-corrected chi connectivity index (χ2v) is 14.9. The molecule has 5 aliphatic rings. The van der Waals surface area contributed by atoms with E-state index in [1.807, 2.05) is 29.4 Å². The first-order valence-electron chi connectivity index (χ1n) is 18.4. The zero-order valence-electron chi connectivity index (χ0n) is 29.6. The maximum Gasteiger partial charge on any atom is 0.274 e. The number of aliphatic imine (C=N–C) groups is 1. The van der Waals surface area contributed by atoms with Gasteiger partial charge in [-0.2, -0.15) is 10.1 Å². The van der Waals surface area contributed by atoms with Crippen LogP contribution in [0.3, 0.4) is 0 Å². The van der Waals surface area contributed by atoms with Crippen LogP contribution in [0.2, 0.25) is 0 Å². The van der Waals surface area contributed by atoms with E-state index < -0.39 is 0 Å². The summed E-state index contributed by atoms with van der Waals surface area (Å²) in [6.07, 6.45) is 12.0. The number of amides is 1. The number of ether oxygens (including phenoxy) is 2. The summed E-state index contributed by atoms with van der Waals surface area (Å²) in [4.78, 5) is 32.3. The van der Waals surface area contributed by atoms with Gasteiger partial charge in [-0.05, 0) is 95.5 Å². The maximum absolute atomic E-state index is 13.6. The van der Waals surface area contributed by atoms with E-state index in [0.717, 1.165) is 86.8 Å². The molecule has 2 N–H and O–H groups in total. The van der Waals surface area contributed by atoms with Crippen LogP contribution in [0, 0.1) is 0 Å². The topological polar surface area (TPSA) is 150 Å². The fraction of sp³-hybridized carbons (Fsp3) is 0.526. The van der Waals surface area contributed by atoms with Crippen LogP contribution in [-0.4, -0.2) is 105 Å². The molecule has 2 aliphatic carbocycles. The van der Waals surface area contributed by atoms with E-state index in [4.69, 9.17) is 40.0 Å². The largest absolute Gasteiger partial charge is 0.473 e. The first kappa shape index (κ1) is 32.3. The number of nitrogen functional groups attached to an aromatic ring is 1. The van der Waals surface area contributed by atoms with Crippen molar-refractivity contribution in [3.63, 3.8) is 0 Å². The van der Waals surface area contributed by atoms with E-state index in [2.05, 4.69) is 29.9 Å². The third-order valence-electron chi connectivity index (χ3n) is 12.0. The molecule has 266 valence electrons. The summed E-state index contributed by atoms with van der Waals surface area (Å²) in [5.41, 5.74) is 13.4. The number of nitrogens with zero attached hydrogens (tertiary/aromatic N) is 8. The predicted molar refractivity (Wildman–Crippen MR) is 191 cm³/mol. The predicted octanol–water partition coefficient (Wildman–Crippen LogP) is 4.17. The van der Waals surface area contributed by atoms with Crippen LogP contribution in [0.4, 0.5) is 5.69 Å². The van der Waals surface area contributed by atoms with Crippen molar-refractivity contribution < 1.29 is 18.8 Å². The van der Waals surface area contributed by atoms with Crippen LogP contribution in [0.5, 0.6) is 5.88 Å². The minimum atomic E-state index is -0.351. The van der Waals surface area contributed by atoms with Gasteiger partial charge in [-0.1, -0.05) is 11.2 Å². The smallest absolute Gasteiger partial charge is 0.274 e. The van der Waals surface area contributed by atoms with Crippen molar-refractivity contribution in [1.29, 1.82) is 0 Å². The second-order valence-electron chi connectivity index (χ2n) is 14.9. The van der Waals surface area contributed by atoms with Gasteiger partial charge in [0, 0.05) is 67.1 Å². The molecule has 2 fully saturated rings. The number of carbonyl (C=O) groups excluding carboxylic acids is 1. The summed E-state index contributed by atoms with van der Waals surface area (Å²) in [7, 11) is 3.92. The second kappa shape index (κ2) is 12.6. The SMILES string of the molecule is CN=Cc1c(N)ccc2c1[C@]1(CCCc3c(-c4nc(O[C@@H](C)[C@@H]5CCCN5C)cc(-n5cc6c(n5)C(=O)N([C@H]5CCOC5)CC6)n4)noc31)CC2. The van der Waals surface area contributed by atoms with E-state index in [1.165, 1.54) is 11.1 Å². The molecule has 13 nitrogen and oxygen atoms in total. The van der Waals surface area contributed by atoms with Crippen molar-refractivity contribution in [3.8, 4) is 23.2 Å². The molecule has 4 atom stereocenters. The minimum Gasteiger partial charge on any atom is -0.473 e. The summed E-state index contributed by atoms with van der Waals surface area (Å²) in [5.74, 6) is 2.18. The molecule has 9 rings (SSSR count). The Morgan fingerprint density at radius 3 is 2.80 bits per heavy atom. The summed E-state index contributed by atoms with van der Waals surface area (Å²) in [6.45, 7) is 5.04. The lowest BCUT2D eigenvalue weighted by Crippen LogP contribution is -2.45. The molecule has 1 aromatic carbocycles. The molecule has 3 aromatic heterocycles. The molecule has 3 aliphatic heterocycles. The summed E-state index contributed by atoms with van der Waals surface area (Å²) in [6, 6.07) is 6.32. The fourth-order valence-electron chi connectivity index (χ4n) is 9.43. The lowest BCUT2D eigenvalue weighted by Gasteiger charge is -2.33. The van der Waals surface area contributed by atoms with Crippen molar-refractivity contribution in [2.45, 2.75) is 88.3 Å². The number of fused-ring (bicyclic) bond motifs is 5. The van der Waals surface area contributed by atoms with Gasteiger partial charge in [0.2, 0.25) is 5.88 Å². The Morgan fingerprint density at radius 2 is 2.00 bits per heavy atom. The van der Waals surface area contributed by atoms with Gasteiger partial charge in [-0.15, -0.1) is 0 Å². The van der Waals surface area contributed by atoms with Gasteiger partial charge in [0.1, 0.15) is 6.10 Å². The summed E-state index contributed by atoms with van der Waals surface area (Å²) < 4.78 is 20.3. The van der Waals surface area contributed by atoms with E-state index in [-0.39, 0.29) is 29.5 Å². The average Bonchev–Trinajstić information content (AvgIpc) is 3.97. The van der Waals surface area contributed by atoms with Crippen LogP contribution in [-0.2, 0) is 29.4 Å². The number of likely N-dealkylation sites (tertiary alicyclic amines) is 1. The van der Waals surface area contributed by atoms with Crippen molar-refractivity contribution in [2.24, 2.45) is 4.99 Å². The molecule has 13 heteroatoms. The van der Waals surface area contributed by atoms with Crippen LogP contribution in [0.1, 0.15) is 89.5 Å². The fourth-order valence-corrected chi connectivity index (χ4v) is 9.43. The highest BCUT2D eigenvalue weighted by atomic mass is 16.5. The molecule has 0 radical (unpaired) electrons. The molecular formula is C38H45N9O4. The van der Waals surface area contributed by atoms with Crippen LogP contribution in [0.25, 0.3) is 17.3 Å². The Balaban J connectivity index is 1.13. The number of aromatic nitrogens is 5. The van der Waals surface area contributed by atoms with Gasteiger partial charge in [-0.25, -0.2) is 9.67 Å². The van der Waals surface area contributed by atoms with E-state index >= 15 is 0 Å². The first-order valence-corrected chi connectivity index (χ1v) is 18.4. The molecule has 51 heavy (non-hydrogen) atoms. The molecule has 4 aromatic rings. The maximum atomic E-state index is 13.6. The van der Waals surface area contributed by atoms with E-state index in [1.54, 1.807) is 11.7 Å². The Kier molecular flexibility index (Phi) is 7.95. The molecule has 0 saturated carbocycles. The lowest BCUT2D eigenvalue weighted by molar-refractivity contribution is 0.0629. The number of likely N-dealkylation sites (N-methyl/N-ethyl adjacent to an activating group) is 1. The number of hydrogen-bond donors (Lipinski definition) is 1. The number of benzene rings is 1. The van der Waals surface area contributed by atoms with Crippen molar-refractivity contribution in [1.82, 2.24) is 34.7 Å². The Hall–Kier alpha value is -4.62. The van der Waals surface area contributed by atoms with Crippen molar-refractivity contribution in [3.05, 3.63) is 63.7 Å². The van der Waals surface area contributed by atoms with Gasteiger partial charge >= 0.3 is 0 Å². The Bertz CT molecular complexity index is 2030. The lowest BCUT2D eigenvalue weighted by atomic mass is 9.68. The number of rotatable bonds is 7. The van der Waals surface area contributed by atoms with Crippen LogP contribution < -0.4 is 10.5 Å². The zero-order chi connectivity index (χ0) is 34.9. The molecule has 0 unspecified atom stereocenters. The number of aryl methyl sites for hydroxylation is 1. The van der Waals surface area contributed by atoms with Gasteiger partial charge in [-0.3, -0.25) is 14.7 Å². The standard InChI is InChI=1S/C38H45N9O4/c1-22(29-7-5-15-45(29)3)50-31-18-30(47-20-24-11-16-46(25-12-17-49-21-25)37(48)33(24)43-47)41-36(42-31)34-26-6-4-13-38(35(26)51-44-34)14-10-23-8-9-28(39)27(19-40-2)32(23)38/h8-9,18-20,22,25,29H,4-7,10-17,21,39H2,1-3H3/t22-,25-,29-,38-/m0/s1. The number of carbonyl (C=O) groups is 1. The van der Waals surface area contributed by atoms with Crippen molar-refractivity contribution >= 4 is 17.8 Å². The van der Waals surface area contributed by atoms with E-state index in [0.29, 0.717) is 54.4 Å². The van der Waals surface area contributed by atoms with Gasteiger partial charge in [0.05, 0.1) is 18.1 Å². The molecule has 1 amide bonds. The van der Waals surface area contributed by atoms with E-state index in [9.17, 15) is 4.79 Å². The minimum absolute atomic E-state index is 0.0602. The highest BCUT2D eigenvalue weighted by Crippen LogP contribution is 2.54. The number of nitrogens with two attached hydrogens (primary N) is 1. The van der Waals surface area contributed by atoms with Gasteiger partial charge in [0.25, 0.3) is 5.91 Å². The molecular weight excluding hydrogens is 646 g/mol. The monoisotopic (exact) mass is 691 g/mol. The number of hydrogen-bond acceptors (Lipinski definition) is 11. The zero-order valence-corrected chi connectivity index (χ0v) is 29.6. The van der Waals surface area contributed by atoms with Gasteiger partial charge < -0.3 is 24.6 Å². The summed E-state index contributed by atoms with van der Waals surface area (Å²) >= 11 is 0. The van der Waals surface area contributed by atoms with Crippen molar-refractivity contribution in [2.75, 3.05) is 46.1 Å². The molecule has 0 bridgehead atoms.